The summed E-state index contributed by atoms with van der Waals surface area (Å²) in [4.78, 5) is 4.40. The van der Waals surface area contributed by atoms with Crippen molar-refractivity contribution in [1.82, 2.24) is 4.98 Å². The van der Waals surface area contributed by atoms with Gasteiger partial charge < -0.3 is 10.8 Å². The molecule has 4 heteroatoms. The van der Waals surface area contributed by atoms with Crippen molar-refractivity contribution in [3.8, 4) is 5.75 Å². The summed E-state index contributed by atoms with van der Waals surface area (Å²) in [5.74, 6) is 0.333. The first kappa shape index (κ1) is 19.0. The number of benzene rings is 1. The number of nitrogens with two attached hydrogens (primary N) is 1. The van der Waals surface area contributed by atoms with Gasteiger partial charge in [0.2, 0.25) is 0 Å². The zero-order valence-electron chi connectivity index (χ0n) is 13.2. The van der Waals surface area contributed by atoms with Crippen LogP contribution in [0.4, 0.5) is 0 Å². The van der Waals surface area contributed by atoms with Crippen molar-refractivity contribution in [2.75, 3.05) is 6.54 Å². The molecule has 0 aliphatic heterocycles. The number of phenolic OH excluding ortho intramolecular Hbond substituents is 1. The number of pyridine rings is 1. The molecule has 3 nitrogen and oxygen atoms in total. The second kappa shape index (κ2) is 8.02. The predicted molar refractivity (Wildman–Crippen MR) is 85.2 cm³/mol. The molecule has 0 amide bonds. The molecule has 22 heavy (non-hydrogen) atoms. The molecule has 1 aromatic heterocycles. The third kappa shape index (κ3) is 4.05. The number of rotatable bonds is 5. The van der Waals surface area contributed by atoms with Crippen LogP contribution in [0.25, 0.3) is 0 Å². The van der Waals surface area contributed by atoms with Crippen LogP contribution in [0, 0.1) is 6.92 Å². The molecule has 0 saturated heterocycles. The van der Waals surface area contributed by atoms with Crippen LogP contribution in [0.1, 0.15) is 42.8 Å². The molecule has 0 aliphatic carbocycles. The quantitative estimate of drug-likeness (QED) is 0.887. The number of aromatic nitrogens is 1. The number of hydrogen-bond donors (Lipinski definition) is 2. The molecule has 0 atom stereocenters. The van der Waals surface area contributed by atoms with Gasteiger partial charge in [-0.1, -0.05) is 38.1 Å². The van der Waals surface area contributed by atoms with Crippen molar-refractivity contribution >= 4 is 0 Å². The monoisotopic (exact) mass is 327 g/mol. The van der Waals surface area contributed by atoms with Crippen molar-refractivity contribution < 1.29 is 30.9 Å². The van der Waals surface area contributed by atoms with Crippen LogP contribution in [-0.2, 0) is 37.7 Å². The summed E-state index contributed by atoms with van der Waals surface area (Å²) in [6.45, 7) is 10.5. The molecule has 0 bridgehead atoms. The Hall–Kier alpha value is -1.000. The minimum Gasteiger partial charge on any atom is -0.507 e. The fraction of sp³-hybridized carbons (Fsp3) is 0.333. The third-order valence-corrected chi connectivity index (χ3v) is 3.85. The number of aryl methyl sites for hydroxylation is 1. The molecular formula is C18H22N2OSc. The average molecular weight is 327 g/mol. The van der Waals surface area contributed by atoms with Gasteiger partial charge in [-0.05, 0) is 37.1 Å². The third-order valence-electron chi connectivity index (χ3n) is 3.85. The first-order valence-corrected chi connectivity index (χ1v) is 7.21. The molecule has 1 heterocycles. The minimum atomic E-state index is -0.418. The van der Waals surface area contributed by atoms with E-state index in [2.05, 4.69) is 4.98 Å². The van der Waals surface area contributed by atoms with Crippen molar-refractivity contribution in [3.63, 3.8) is 0 Å². The van der Waals surface area contributed by atoms with Crippen molar-refractivity contribution in [2.45, 2.75) is 32.1 Å². The zero-order valence-corrected chi connectivity index (χ0v) is 15.0. The van der Waals surface area contributed by atoms with E-state index in [1.807, 2.05) is 44.2 Å². The fourth-order valence-electron chi connectivity index (χ4n) is 2.53. The Morgan fingerprint density at radius 3 is 2.50 bits per heavy atom. The van der Waals surface area contributed by atoms with Gasteiger partial charge in [0.25, 0.3) is 0 Å². The SMILES string of the molecule is [CH]c1cccc(C(C)(C)c2cccc(CCCN)c2O)n1.[Sc]. The molecule has 0 unspecified atom stereocenters. The van der Waals surface area contributed by atoms with Crippen LogP contribution in [-0.4, -0.2) is 16.6 Å². The van der Waals surface area contributed by atoms with Gasteiger partial charge in [-0.15, -0.1) is 0 Å². The van der Waals surface area contributed by atoms with Gasteiger partial charge in [0, 0.05) is 49.4 Å². The summed E-state index contributed by atoms with van der Waals surface area (Å²) in [6.07, 6.45) is 1.63. The number of para-hydroxylation sites is 1. The standard InChI is InChI=1S/C18H22N2O.Sc/c1-13-7-4-11-16(20-13)18(2,3)15-10-5-8-14(17(15)21)9-6-12-19;/h1,4-5,7-8,10-11,21H,6,9,12,19H2,2-3H3;. The number of hydrogen-bond acceptors (Lipinski definition) is 3. The molecule has 1 aromatic carbocycles. The first-order valence-electron chi connectivity index (χ1n) is 7.21. The van der Waals surface area contributed by atoms with E-state index >= 15 is 0 Å². The van der Waals surface area contributed by atoms with E-state index in [1.54, 1.807) is 6.07 Å². The fourth-order valence-corrected chi connectivity index (χ4v) is 2.53. The molecule has 3 radical (unpaired) electrons. The maximum Gasteiger partial charge on any atom is 0.122 e. The summed E-state index contributed by atoms with van der Waals surface area (Å²) in [5, 5.41) is 10.6. The maximum atomic E-state index is 10.6. The average Bonchev–Trinajstić information content (AvgIpc) is 2.46. The molecule has 0 saturated carbocycles. The van der Waals surface area contributed by atoms with E-state index in [9.17, 15) is 5.11 Å². The number of nitrogens with zero attached hydrogens (tertiary/aromatic N) is 1. The molecule has 2 rings (SSSR count). The van der Waals surface area contributed by atoms with Gasteiger partial charge in [0.05, 0.1) is 5.69 Å². The smallest absolute Gasteiger partial charge is 0.122 e. The summed E-state index contributed by atoms with van der Waals surface area (Å²) in [6, 6.07) is 11.4. The molecule has 0 aliphatic rings. The molecular weight excluding hydrogens is 305 g/mol. The van der Waals surface area contributed by atoms with Gasteiger partial charge in [0.1, 0.15) is 5.75 Å². The Balaban J connectivity index is 0.00000242. The number of aromatic hydroxyl groups is 1. The zero-order chi connectivity index (χ0) is 15.5. The molecule has 2 aromatic rings. The van der Waals surface area contributed by atoms with E-state index in [1.165, 1.54) is 0 Å². The van der Waals surface area contributed by atoms with E-state index in [0.29, 0.717) is 18.0 Å². The second-order valence-corrected chi connectivity index (χ2v) is 5.78. The molecule has 113 valence electrons. The predicted octanol–water partition coefficient (Wildman–Crippen LogP) is 3.06. The van der Waals surface area contributed by atoms with Crippen molar-refractivity contribution in [3.05, 3.63) is 65.8 Å². The van der Waals surface area contributed by atoms with Gasteiger partial charge in [-0.3, -0.25) is 4.98 Å². The van der Waals surface area contributed by atoms with Crippen LogP contribution < -0.4 is 5.73 Å². The summed E-state index contributed by atoms with van der Waals surface area (Å²) < 4.78 is 0. The van der Waals surface area contributed by atoms with Gasteiger partial charge in [-0.25, -0.2) is 0 Å². The Bertz CT molecular complexity index is 626. The number of phenols is 1. The van der Waals surface area contributed by atoms with Crippen LogP contribution in [0.5, 0.6) is 5.75 Å². The van der Waals surface area contributed by atoms with E-state index in [4.69, 9.17) is 12.7 Å². The van der Waals surface area contributed by atoms with Crippen LogP contribution >= 0.6 is 0 Å². The first-order chi connectivity index (χ1) is 9.96. The van der Waals surface area contributed by atoms with E-state index in [0.717, 1.165) is 29.7 Å². The van der Waals surface area contributed by atoms with Crippen molar-refractivity contribution in [1.29, 1.82) is 0 Å². The summed E-state index contributed by atoms with van der Waals surface area (Å²) in [5.41, 5.74) is 8.24. The van der Waals surface area contributed by atoms with E-state index < -0.39 is 5.41 Å². The van der Waals surface area contributed by atoms with Crippen LogP contribution in [0.2, 0.25) is 0 Å². The molecule has 3 N–H and O–H groups in total. The summed E-state index contributed by atoms with van der Waals surface area (Å²) >= 11 is 0. The van der Waals surface area contributed by atoms with Crippen molar-refractivity contribution in [2.24, 2.45) is 5.73 Å². The Morgan fingerprint density at radius 1 is 1.18 bits per heavy atom. The summed E-state index contributed by atoms with van der Waals surface area (Å²) in [7, 11) is 0. The van der Waals surface area contributed by atoms with Crippen LogP contribution in [0.15, 0.2) is 36.4 Å². The normalized spacial score (nSPS) is 11.1. The maximum absolute atomic E-state index is 10.6. The Morgan fingerprint density at radius 2 is 1.86 bits per heavy atom. The topological polar surface area (TPSA) is 59.1 Å². The second-order valence-electron chi connectivity index (χ2n) is 5.78. The largest absolute Gasteiger partial charge is 0.507 e. The Labute approximate surface area is 151 Å². The van der Waals surface area contributed by atoms with Gasteiger partial charge >= 0.3 is 0 Å². The molecule has 0 fully saturated rings. The van der Waals surface area contributed by atoms with Gasteiger partial charge in [-0.2, -0.15) is 0 Å². The van der Waals surface area contributed by atoms with E-state index in [-0.39, 0.29) is 25.8 Å². The van der Waals surface area contributed by atoms with Crippen LogP contribution in [0.3, 0.4) is 0 Å². The van der Waals surface area contributed by atoms with Gasteiger partial charge in [0.15, 0.2) is 0 Å². The minimum absolute atomic E-state index is 0. The molecule has 0 spiro atoms. The Kier molecular flexibility index (Phi) is 6.95.